The molecular formula is C22H40ClFN4O5S. The Morgan fingerprint density at radius 1 is 1.18 bits per heavy atom. The number of carbonyl (C=O) groups is 1. The lowest BCUT2D eigenvalue weighted by Crippen LogP contribution is -2.62. The molecule has 3 aliphatic rings. The average Bonchev–Trinajstić information content (AvgIpc) is 2.78. The van der Waals surface area contributed by atoms with Gasteiger partial charge in [-0.2, -0.15) is 8.42 Å². The van der Waals surface area contributed by atoms with Gasteiger partial charge in [-0.15, -0.1) is 11.6 Å². The summed E-state index contributed by atoms with van der Waals surface area (Å²) in [6.07, 6.45) is 5.09. The van der Waals surface area contributed by atoms with Crippen LogP contribution < -0.4 is 16.0 Å². The normalized spacial score (nSPS) is 31.9. The molecule has 0 aromatic rings. The molecule has 2 heterocycles. The largest absolute Gasteiger partial charge is 0.378 e. The Balaban J connectivity index is 1.23. The van der Waals surface area contributed by atoms with Crippen molar-refractivity contribution in [2.24, 2.45) is 11.8 Å². The maximum absolute atomic E-state index is 14.6. The number of rotatable bonds is 11. The Hall–Kier alpha value is -0.560. The minimum atomic E-state index is -4.12. The number of halogens is 2. The summed E-state index contributed by atoms with van der Waals surface area (Å²) in [5, 5.41) is 9.48. The van der Waals surface area contributed by atoms with Gasteiger partial charge in [-0.05, 0) is 50.4 Å². The van der Waals surface area contributed by atoms with Gasteiger partial charge in [0.15, 0.2) is 0 Å². The minimum absolute atomic E-state index is 0.0242. The first-order valence-electron chi connectivity index (χ1n) is 12.5. The van der Waals surface area contributed by atoms with Crippen LogP contribution >= 0.6 is 11.6 Å². The fraction of sp³-hybridized carbons (Fsp3) is 0.955. The van der Waals surface area contributed by atoms with Gasteiger partial charge in [0.05, 0.1) is 17.2 Å². The zero-order valence-corrected chi connectivity index (χ0v) is 21.3. The fourth-order valence-electron chi connectivity index (χ4n) is 5.16. The van der Waals surface area contributed by atoms with Crippen molar-refractivity contribution < 1.29 is 26.9 Å². The molecule has 0 aromatic heterocycles. The van der Waals surface area contributed by atoms with Gasteiger partial charge in [-0.1, -0.05) is 0 Å². The van der Waals surface area contributed by atoms with Crippen LogP contribution in [0.3, 0.4) is 0 Å². The molecule has 3 unspecified atom stereocenters. The van der Waals surface area contributed by atoms with Gasteiger partial charge in [-0.3, -0.25) is 24.9 Å². The van der Waals surface area contributed by atoms with E-state index in [1.807, 2.05) is 0 Å². The summed E-state index contributed by atoms with van der Waals surface area (Å²) in [6, 6.07) is 0. The molecule has 1 aliphatic carbocycles. The summed E-state index contributed by atoms with van der Waals surface area (Å²) in [7, 11) is -4.12. The predicted molar refractivity (Wildman–Crippen MR) is 129 cm³/mol. The van der Waals surface area contributed by atoms with Crippen LogP contribution in [0.5, 0.6) is 0 Å². The number of nitrogens with one attached hydrogen (secondary N) is 3. The number of alkyl halides is 2. The zero-order valence-electron chi connectivity index (χ0n) is 19.8. The second-order valence-corrected chi connectivity index (χ2v) is 12.0. The third-order valence-electron chi connectivity index (χ3n) is 7.18. The lowest BCUT2D eigenvalue weighted by atomic mass is 9.83. The monoisotopic (exact) mass is 526 g/mol. The summed E-state index contributed by atoms with van der Waals surface area (Å²) in [6.45, 7) is 4.28. The van der Waals surface area contributed by atoms with Crippen molar-refractivity contribution in [2.75, 3.05) is 45.1 Å². The molecule has 1 saturated carbocycles. The number of likely N-dealkylation sites (tertiary alicyclic amines) is 1. The smallest absolute Gasteiger partial charge is 0.266 e. The number of nitrogens with zero attached hydrogens (tertiary/aromatic N) is 1. The third kappa shape index (κ3) is 9.83. The fourth-order valence-corrected chi connectivity index (χ4v) is 5.69. The molecule has 9 nitrogen and oxygen atoms in total. The number of piperidine rings is 1. The zero-order chi connectivity index (χ0) is 24.6. The van der Waals surface area contributed by atoms with E-state index in [9.17, 15) is 17.6 Å². The van der Waals surface area contributed by atoms with Gasteiger partial charge >= 0.3 is 0 Å². The highest BCUT2D eigenvalue weighted by atomic mass is 35.5. The molecule has 12 heteroatoms. The van der Waals surface area contributed by atoms with Crippen molar-refractivity contribution >= 4 is 27.6 Å². The van der Waals surface area contributed by atoms with Crippen LogP contribution in [-0.4, -0.2) is 92.8 Å². The number of ether oxygens (including phenoxy) is 1. The van der Waals surface area contributed by atoms with Crippen LogP contribution in [0.2, 0.25) is 0 Å². The van der Waals surface area contributed by atoms with E-state index < -0.39 is 22.0 Å². The molecule has 0 radical (unpaired) electrons. The van der Waals surface area contributed by atoms with Gasteiger partial charge in [0.1, 0.15) is 12.5 Å². The standard InChI is InChI=1S/C22H40ClFN4O5S/c23-18-14-26-22(27-15-18)28-8-5-16(6-9-28)2-1-10-33-19-4-3-17(20(24)13-19)12-21(29)25-7-11-34(30,31)32/h16-20,22,26-27H,1-15H2,(H,25,29)(H,30,31,32). The van der Waals surface area contributed by atoms with Gasteiger partial charge in [0.25, 0.3) is 10.1 Å². The second kappa shape index (κ2) is 13.7. The van der Waals surface area contributed by atoms with Crippen molar-refractivity contribution in [2.45, 2.75) is 75.3 Å². The van der Waals surface area contributed by atoms with E-state index in [4.69, 9.17) is 20.9 Å². The first kappa shape index (κ1) is 28.0. The van der Waals surface area contributed by atoms with Gasteiger partial charge in [-0.25, -0.2) is 4.39 Å². The van der Waals surface area contributed by atoms with Crippen LogP contribution in [0.15, 0.2) is 0 Å². The highest BCUT2D eigenvalue weighted by molar-refractivity contribution is 7.85. The Morgan fingerprint density at radius 3 is 2.53 bits per heavy atom. The van der Waals surface area contributed by atoms with Crippen LogP contribution in [0.4, 0.5) is 4.39 Å². The van der Waals surface area contributed by atoms with E-state index in [0.29, 0.717) is 25.4 Å². The topological polar surface area (TPSA) is 120 Å². The molecule has 3 atom stereocenters. The van der Waals surface area contributed by atoms with Gasteiger partial charge < -0.3 is 10.1 Å². The molecule has 3 rings (SSSR count). The Morgan fingerprint density at radius 2 is 1.88 bits per heavy atom. The highest BCUT2D eigenvalue weighted by Gasteiger charge is 2.32. The maximum Gasteiger partial charge on any atom is 0.266 e. The summed E-state index contributed by atoms with van der Waals surface area (Å²) in [5.74, 6) is -0.603. The lowest BCUT2D eigenvalue weighted by Gasteiger charge is -2.41. The van der Waals surface area contributed by atoms with Crippen LogP contribution in [-0.2, 0) is 19.6 Å². The van der Waals surface area contributed by atoms with Gasteiger partial charge in [0.2, 0.25) is 5.91 Å². The van der Waals surface area contributed by atoms with E-state index in [-0.39, 0.29) is 42.6 Å². The molecule has 3 fully saturated rings. The SMILES string of the molecule is O=C(CC1CCC(OCCCC2CCN(C3NCC(Cl)CN3)CC2)CC1F)NCCS(=O)(=O)O. The molecular weight excluding hydrogens is 487 g/mol. The average molecular weight is 527 g/mol. The quantitative estimate of drug-likeness (QED) is 0.181. The van der Waals surface area contributed by atoms with Crippen molar-refractivity contribution in [3.63, 3.8) is 0 Å². The van der Waals surface area contributed by atoms with Crippen LogP contribution in [0.25, 0.3) is 0 Å². The molecule has 2 aliphatic heterocycles. The summed E-state index contributed by atoms with van der Waals surface area (Å²) in [5.41, 5.74) is 0. The number of amides is 1. The van der Waals surface area contributed by atoms with E-state index in [1.54, 1.807) is 0 Å². The summed E-state index contributed by atoms with van der Waals surface area (Å²) >= 11 is 6.12. The number of carbonyl (C=O) groups excluding carboxylic acids is 1. The Bertz CT molecular complexity index is 733. The highest BCUT2D eigenvalue weighted by Crippen LogP contribution is 2.31. The second-order valence-electron chi connectivity index (χ2n) is 9.86. The van der Waals surface area contributed by atoms with E-state index in [1.165, 1.54) is 12.8 Å². The van der Waals surface area contributed by atoms with E-state index in [0.717, 1.165) is 45.4 Å². The maximum atomic E-state index is 14.6. The summed E-state index contributed by atoms with van der Waals surface area (Å²) in [4.78, 5) is 14.4. The molecule has 2 saturated heterocycles. The van der Waals surface area contributed by atoms with Crippen LogP contribution in [0, 0.1) is 11.8 Å². The molecule has 198 valence electrons. The Labute approximate surface area is 207 Å². The van der Waals surface area contributed by atoms with Crippen molar-refractivity contribution in [1.29, 1.82) is 0 Å². The number of hydrogen-bond donors (Lipinski definition) is 4. The molecule has 0 bridgehead atoms. The summed E-state index contributed by atoms with van der Waals surface area (Å²) < 4.78 is 50.6. The minimum Gasteiger partial charge on any atom is -0.378 e. The number of hydrogen-bond acceptors (Lipinski definition) is 7. The molecule has 0 spiro atoms. The molecule has 34 heavy (non-hydrogen) atoms. The first-order chi connectivity index (χ1) is 16.2. The van der Waals surface area contributed by atoms with E-state index >= 15 is 0 Å². The molecule has 1 amide bonds. The predicted octanol–water partition coefficient (Wildman–Crippen LogP) is 1.48. The Kier molecular flexibility index (Phi) is 11.3. The molecule has 0 aromatic carbocycles. The van der Waals surface area contributed by atoms with Crippen molar-refractivity contribution in [3.05, 3.63) is 0 Å². The van der Waals surface area contributed by atoms with Crippen molar-refractivity contribution in [3.8, 4) is 0 Å². The third-order valence-corrected chi connectivity index (χ3v) is 8.21. The van der Waals surface area contributed by atoms with Gasteiger partial charge in [0, 0.05) is 52.2 Å². The van der Waals surface area contributed by atoms with Crippen LogP contribution in [0.1, 0.15) is 51.4 Å². The lowest BCUT2D eigenvalue weighted by molar-refractivity contribution is -0.123. The molecule has 4 N–H and O–H groups in total. The van der Waals surface area contributed by atoms with Crippen molar-refractivity contribution in [1.82, 2.24) is 20.9 Å². The van der Waals surface area contributed by atoms with E-state index in [2.05, 4.69) is 20.9 Å². The first-order valence-corrected chi connectivity index (χ1v) is 14.6.